The van der Waals surface area contributed by atoms with Gasteiger partial charge in [-0.05, 0) is 12.1 Å². The van der Waals surface area contributed by atoms with Crippen molar-refractivity contribution >= 4 is 33.5 Å². The number of nitrogens with zero attached hydrogens (tertiary/aromatic N) is 2. The van der Waals surface area contributed by atoms with Crippen LogP contribution in [0.5, 0.6) is 5.75 Å². The average Bonchev–Trinajstić information content (AvgIpc) is 2.10. The van der Waals surface area contributed by atoms with Gasteiger partial charge in [-0.1, -0.05) is 15.9 Å². The van der Waals surface area contributed by atoms with E-state index in [1.54, 1.807) is 0 Å². The lowest BCUT2D eigenvalue weighted by molar-refractivity contribution is -0.274. The SMILES string of the molecule is NC(N)=NC(N)=Nc1cc(Br)cc(OC(F)(F)F)c1. The Morgan fingerprint density at radius 2 is 1.79 bits per heavy atom. The van der Waals surface area contributed by atoms with Crippen LogP contribution in [0.3, 0.4) is 0 Å². The summed E-state index contributed by atoms with van der Waals surface area (Å²) in [5.41, 5.74) is 15.6. The lowest BCUT2D eigenvalue weighted by atomic mass is 10.3. The summed E-state index contributed by atoms with van der Waals surface area (Å²) in [7, 11) is 0. The molecule has 1 aromatic carbocycles. The summed E-state index contributed by atoms with van der Waals surface area (Å²) in [5.74, 6) is -1.06. The second-order valence-electron chi connectivity index (χ2n) is 3.20. The fraction of sp³-hybridized carbons (Fsp3) is 0.111. The van der Waals surface area contributed by atoms with E-state index in [9.17, 15) is 13.2 Å². The predicted octanol–water partition coefficient (Wildman–Crippen LogP) is 1.57. The summed E-state index contributed by atoms with van der Waals surface area (Å²) in [5, 5.41) is 0. The number of hydrogen-bond donors (Lipinski definition) is 3. The highest BCUT2D eigenvalue weighted by Gasteiger charge is 2.31. The van der Waals surface area contributed by atoms with Gasteiger partial charge in [-0.3, -0.25) is 0 Å². The zero-order chi connectivity index (χ0) is 14.6. The Morgan fingerprint density at radius 3 is 2.32 bits per heavy atom. The highest BCUT2D eigenvalue weighted by Crippen LogP contribution is 2.30. The monoisotopic (exact) mass is 339 g/mol. The van der Waals surface area contributed by atoms with Gasteiger partial charge in [0.2, 0.25) is 5.96 Å². The standard InChI is InChI=1S/C9H9BrF3N5O/c10-4-1-5(17-8(16)18-7(14)15)3-6(2-4)19-9(11,12)13/h1-3H,(H6,14,15,16,17,18). The van der Waals surface area contributed by atoms with Crippen LogP contribution in [0.15, 0.2) is 32.7 Å². The normalized spacial score (nSPS) is 12.1. The molecule has 0 aromatic heterocycles. The fourth-order valence-electron chi connectivity index (χ4n) is 1.09. The molecule has 0 aliphatic heterocycles. The van der Waals surface area contributed by atoms with Crippen molar-refractivity contribution in [2.45, 2.75) is 6.36 Å². The van der Waals surface area contributed by atoms with Crippen molar-refractivity contribution in [2.24, 2.45) is 27.2 Å². The van der Waals surface area contributed by atoms with Crippen molar-refractivity contribution in [3.63, 3.8) is 0 Å². The summed E-state index contributed by atoms with van der Waals surface area (Å²) < 4.78 is 40.3. The third-order valence-corrected chi connectivity index (χ3v) is 2.03. The number of guanidine groups is 2. The molecular formula is C9H9BrF3N5O. The summed E-state index contributed by atoms with van der Waals surface area (Å²) >= 11 is 3.02. The zero-order valence-corrected chi connectivity index (χ0v) is 10.9. The topological polar surface area (TPSA) is 112 Å². The molecule has 19 heavy (non-hydrogen) atoms. The van der Waals surface area contributed by atoms with Gasteiger partial charge in [-0.15, -0.1) is 13.2 Å². The van der Waals surface area contributed by atoms with Gasteiger partial charge in [0.15, 0.2) is 5.96 Å². The van der Waals surface area contributed by atoms with E-state index in [0.717, 1.165) is 12.1 Å². The Hall–Kier alpha value is -1.97. The van der Waals surface area contributed by atoms with Gasteiger partial charge in [0.05, 0.1) is 5.69 Å². The number of benzene rings is 1. The van der Waals surface area contributed by atoms with Gasteiger partial charge >= 0.3 is 6.36 Å². The molecule has 6 nitrogen and oxygen atoms in total. The highest BCUT2D eigenvalue weighted by molar-refractivity contribution is 9.10. The van der Waals surface area contributed by atoms with E-state index >= 15 is 0 Å². The van der Waals surface area contributed by atoms with Gasteiger partial charge in [0.25, 0.3) is 0 Å². The first-order valence-corrected chi connectivity index (χ1v) is 5.45. The summed E-state index contributed by atoms with van der Waals surface area (Å²) in [4.78, 5) is 7.15. The highest BCUT2D eigenvalue weighted by atomic mass is 79.9. The number of hydrogen-bond acceptors (Lipinski definition) is 2. The minimum Gasteiger partial charge on any atom is -0.406 e. The van der Waals surface area contributed by atoms with Gasteiger partial charge in [-0.25, -0.2) is 4.99 Å². The molecule has 0 unspecified atom stereocenters. The van der Waals surface area contributed by atoms with Crippen LogP contribution in [0.25, 0.3) is 0 Å². The molecule has 0 saturated heterocycles. The molecule has 10 heteroatoms. The molecular weight excluding hydrogens is 331 g/mol. The lowest BCUT2D eigenvalue weighted by Crippen LogP contribution is -2.26. The van der Waals surface area contributed by atoms with E-state index in [4.69, 9.17) is 17.2 Å². The number of rotatable bonds is 2. The molecule has 1 aromatic rings. The van der Waals surface area contributed by atoms with E-state index in [1.165, 1.54) is 6.07 Å². The molecule has 104 valence electrons. The van der Waals surface area contributed by atoms with Crippen LogP contribution in [-0.2, 0) is 0 Å². The van der Waals surface area contributed by atoms with Crippen molar-refractivity contribution in [3.05, 3.63) is 22.7 Å². The van der Waals surface area contributed by atoms with Gasteiger partial charge in [0, 0.05) is 10.5 Å². The summed E-state index contributed by atoms with van der Waals surface area (Å²) in [6, 6.07) is 3.58. The van der Waals surface area contributed by atoms with Crippen molar-refractivity contribution in [1.82, 2.24) is 0 Å². The second-order valence-corrected chi connectivity index (χ2v) is 4.12. The van der Waals surface area contributed by atoms with Crippen molar-refractivity contribution < 1.29 is 17.9 Å². The molecule has 0 bridgehead atoms. The molecule has 0 fully saturated rings. The molecule has 0 aliphatic carbocycles. The Balaban J connectivity index is 3.07. The first-order valence-electron chi connectivity index (χ1n) is 4.66. The smallest absolute Gasteiger partial charge is 0.406 e. The van der Waals surface area contributed by atoms with Gasteiger partial charge in [0.1, 0.15) is 5.75 Å². The van der Waals surface area contributed by atoms with Crippen LogP contribution < -0.4 is 21.9 Å². The number of halogens is 4. The van der Waals surface area contributed by atoms with Crippen LogP contribution in [-0.4, -0.2) is 18.3 Å². The molecule has 6 N–H and O–H groups in total. The van der Waals surface area contributed by atoms with Crippen LogP contribution >= 0.6 is 15.9 Å². The third-order valence-electron chi connectivity index (χ3n) is 1.58. The molecule has 0 saturated carbocycles. The summed E-state index contributed by atoms with van der Waals surface area (Å²) in [6.45, 7) is 0. The molecule has 0 spiro atoms. The molecule has 0 amide bonds. The molecule has 0 radical (unpaired) electrons. The molecule has 0 aliphatic rings. The molecule has 1 rings (SSSR count). The minimum atomic E-state index is -4.80. The van der Waals surface area contributed by atoms with Crippen molar-refractivity contribution in [2.75, 3.05) is 0 Å². The first kappa shape index (κ1) is 15.1. The van der Waals surface area contributed by atoms with E-state index in [1.807, 2.05) is 0 Å². The van der Waals surface area contributed by atoms with Gasteiger partial charge < -0.3 is 21.9 Å². The summed E-state index contributed by atoms with van der Waals surface area (Å²) in [6.07, 6.45) is -4.80. The third kappa shape index (κ3) is 5.95. The Kier molecular flexibility index (Phi) is 4.59. The Morgan fingerprint density at radius 1 is 1.16 bits per heavy atom. The molecule has 0 heterocycles. The van der Waals surface area contributed by atoms with Crippen LogP contribution in [0.2, 0.25) is 0 Å². The van der Waals surface area contributed by atoms with E-state index in [0.29, 0.717) is 4.47 Å². The fourth-order valence-corrected chi connectivity index (χ4v) is 1.55. The number of nitrogens with two attached hydrogens (primary N) is 3. The Bertz CT molecular complexity index is 525. The number of aliphatic imine (C=N–C) groups is 2. The van der Waals surface area contributed by atoms with Crippen LogP contribution in [0, 0.1) is 0 Å². The predicted molar refractivity (Wildman–Crippen MR) is 67.9 cm³/mol. The van der Waals surface area contributed by atoms with E-state index in [2.05, 4.69) is 30.7 Å². The zero-order valence-electron chi connectivity index (χ0n) is 9.28. The minimum absolute atomic E-state index is 0.0936. The first-order chi connectivity index (χ1) is 8.65. The van der Waals surface area contributed by atoms with Crippen LogP contribution in [0.1, 0.15) is 0 Å². The second kappa shape index (κ2) is 5.78. The number of ether oxygens (including phenoxy) is 1. The van der Waals surface area contributed by atoms with Crippen LogP contribution in [0.4, 0.5) is 18.9 Å². The maximum Gasteiger partial charge on any atom is 0.573 e. The maximum atomic E-state index is 12.1. The quantitative estimate of drug-likeness (QED) is 0.560. The van der Waals surface area contributed by atoms with Crippen molar-refractivity contribution in [3.8, 4) is 5.75 Å². The average molecular weight is 340 g/mol. The van der Waals surface area contributed by atoms with Crippen molar-refractivity contribution in [1.29, 1.82) is 0 Å². The maximum absolute atomic E-state index is 12.1. The lowest BCUT2D eigenvalue weighted by Gasteiger charge is -2.09. The van der Waals surface area contributed by atoms with E-state index < -0.39 is 12.1 Å². The van der Waals surface area contributed by atoms with Gasteiger partial charge in [-0.2, -0.15) is 4.99 Å². The molecule has 0 atom stereocenters. The van der Waals surface area contributed by atoms with E-state index in [-0.39, 0.29) is 17.6 Å². The number of alkyl halides is 3. The largest absolute Gasteiger partial charge is 0.573 e. The Labute approximate surface area is 114 Å².